The molecule has 2 N–H and O–H groups in total. The number of amides is 1. The van der Waals surface area contributed by atoms with E-state index in [1.54, 1.807) is 0 Å². The zero-order chi connectivity index (χ0) is 15.5. The number of carboxylic acids is 1. The van der Waals surface area contributed by atoms with Gasteiger partial charge in [-0.3, -0.25) is 9.59 Å². The summed E-state index contributed by atoms with van der Waals surface area (Å²) in [4.78, 5) is 23.9. The van der Waals surface area contributed by atoms with E-state index in [9.17, 15) is 14.7 Å². The van der Waals surface area contributed by atoms with E-state index in [2.05, 4.69) is 17.4 Å². The number of fused-ring (bicyclic) bond motifs is 1. The number of hydrogen-bond acceptors (Lipinski definition) is 2. The van der Waals surface area contributed by atoms with Crippen molar-refractivity contribution in [1.29, 1.82) is 0 Å². The number of benzene rings is 1. The number of aliphatic carboxylic acids is 1. The lowest BCUT2D eigenvalue weighted by molar-refractivity contribution is -0.147. The molecular weight excluding hydrogens is 278 g/mol. The van der Waals surface area contributed by atoms with Gasteiger partial charge in [0, 0.05) is 0 Å². The number of hydrogen-bond donors (Lipinski definition) is 2. The van der Waals surface area contributed by atoms with Crippen LogP contribution >= 0.6 is 0 Å². The van der Waals surface area contributed by atoms with Gasteiger partial charge in [-0.2, -0.15) is 0 Å². The maximum Gasteiger partial charge on any atom is 0.307 e. The summed E-state index contributed by atoms with van der Waals surface area (Å²) in [7, 11) is 0. The van der Waals surface area contributed by atoms with E-state index < -0.39 is 17.8 Å². The van der Waals surface area contributed by atoms with E-state index in [4.69, 9.17) is 0 Å². The maximum atomic E-state index is 12.6. The highest BCUT2D eigenvalue weighted by Crippen LogP contribution is 2.31. The molecule has 116 valence electrons. The van der Waals surface area contributed by atoms with Crippen molar-refractivity contribution in [3.63, 3.8) is 0 Å². The standard InChI is InChI=1S/C18H21NO3/c20-17(14-9-3-4-10-15(14)18(21)22)19-16-11-5-7-12-6-1-2-8-13(12)16/h1-4,6,8,14-16H,5,7,9-11H2,(H,19,20)(H,21,22)/t14-,15-,16+/m0/s1. The van der Waals surface area contributed by atoms with Crippen molar-refractivity contribution in [2.45, 2.75) is 38.1 Å². The summed E-state index contributed by atoms with van der Waals surface area (Å²) in [5, 5.41) is 12.4. The number of aryl methyl sites for hydroxylation is 1. The fraction of sp³-hybridized carbons (Fsp3) is 0.444. The molecule has 3 atom stereocenters. The lowest BCUT2D eigenvalue weighted by Crippen LogP contribution is -2.41. The Balaban J connectivity index is 1.75. The lowest BCUT2D eigenvalue weighted by Gasteiger charge is -2.30. The van der Waals surface area contributed by atoms with Crippen LogP contribution in [0.3, 0.4) is 0 Å². The third-order valence-corrected chi connectivity index (χ3v) is 4.77. The van der Waals surface area contributed by atoms with Crippen molar-refractivity contribution in [3.8, 4) is 0 Å². The number of allylic oxidation sites excluding steroid dienone is 2. The summed E-state index contributed by atoms with van der Waals surface area (Å²) in [6.07, 6.45) is 7.74. The number of carbonyl (C=O) groups is 2. The molecule has 2 aliphatic rings. The van der Waals surface area contributed by atoms with Gasteiger partial charge in [0.05, 0.1) is 17.9 Å². The van der Waals surface area contributed by atoms with Crippen molar-refractivity contribution >= 4 is 11.9 Å². The summed E-state index contributed by atoms with van der Waals surface area (Å²) >= 11 is 0. The Morgan fingerprint density at radius 3 is 2.59 bits per heavy atom. The molecular formula is C18H21NO3. The van der Waals surface area contributed by atoms with Gasteiger partial charge < -0.3 is 10.4 Å². The van der Waals surface area contributed by atoms with E-state index in [-0.39, 0.29) is 11.9 Å². The highest BCUT2D eigenvalue weighted by molar-refractivity contribution is 5.85. The molecule has 1 amide bonds. The van der Waals surface area contributed by atoms with Gasteiger partial charge in [-0.25, -0.2) is 0 Å². The average Bonchev–Trinajstić information content (AvgIpc) is 2.55. The SMILES string of the molecule is O=C(O)[C@H]1CC=CC[C@@H]1C(=O)N[C@@H]1CCCc2ccccc21. The van der Waals surface area contributed by atoms with Crippen molar-refractivity contribution < 1.29 is 14.7 Å². The van der Waals surface area contributed by atoms with Crippen LogP contribution in [0.4, 0.5) is 0 Å². The number of nitrogens with one attached hydrogen (secondary N) is 1. The molecule has 0 saturated carbocycles. The smallest absolute Gasteiger partial charge is 0.307 e. The minimum Gasteiger partial charge on any atom is -0.481 e. The van der Waals surface area contributed by atoms with Crippen molar-refractivity contribution in [2.24, 2.45) is 11.8 Å². The van der Waals surface area contributed by atoms with Crippen LogP contribution in [0.15, 0.2) is 36.4 Å². The van der Waals surface area contributed by atoms with Crippen molar-refractivity contribution in [3.05, 3.63) is 47.5 Å². The van der Waals surface area contributed by atoms with E-state index in [1.165, 1.54) is 11.1 Å². The van der Waals surface area contributed by atoms with Crippen LogP contribution in [0.25, 0.3) is 0 Å². The first-order valence-corrected chi connectivity index (χ1v) is 7.93. The van der Waals surface area contributed by atoms with Crippen LogP contribution < -0.4 is 5.32 Å². The molecule has 0 bridgehead atoms. The first-order valence-electron chi connectivity index (χ1n) is 7.93. The van der Waals surface area contributed by atoms with Crippen molar-refractivity contribution in [2.75, 3.05) is 0 Å². The Labute approximate surface area is 130 Å². The molecule has 2 aliphatic carbocycles. The van der Waals surface area contributed by atoms with Crippen LogP contribution in [0.2, 0.25) is 0 Å². The molecule has 0 aromatic heterocycles. The molecule has 1 aromatic carbocycles. The van der Waals surface area contributed by atoms with Gasteiger partial charge in [0.1, 0.15) is 0 Å². The highest BCUT2D eigenvalue weighted by Gasteiger charge is 2.35. The largest absolute Gasteiger partial charge is 0.481 e. The van der Waals surface area contributed by atoms with Gasteiger partial charge in [-0.15, -0.1) is 0 Å². The molecule has 0 unspecified atom stereocenters. The highest BCUT2D eigenvalue weighted by atomic mass is 16.4. The average molecular weight is 299 g/mol. The topological polar surface area (TPSA) is 66.4 Å². The van der Waals surface area contributed by atoms with Gasteiger partial charge in [-0.05, 0) is 43.2 Å². The predicted octanol–water partition coefficient (Wildman–Crippen LogP) is 2.85. The molecule has 4 nitrogen and oxygen atoms in total. The second kappa shape index (κ2) is 6.34. The van der Waals surface area contributed by atoms with Crippen LogP contribution in [-0.2, 0) is 16.0 Å². The molecule has 0 saturated heterocycles. The molecule has 0 fully saturated rings. The van der Waals surface area contributed by atoms with E-state index in [1.807, 2.05) is 24.3 Å². The molecule has 0 spiro atoms. The maximum absolute atomic E-state index is 12.6. The zero-order valence-electron chi connectivity index (χ0n) is 12.5. The van der Waals surface area contributed by atoms with Gasteiger partial charge >= 0.3 is 5.97 Å². The first-order chi connectivity index (χ1) is 10.7. The van der Waals surface area contributed by atoms with Gasteiger partial charge in [0.2, 0.25) is 5.91 Å². The third kappa shape index (κ3) is 2.91. The Bertz CT molecular complexity index is 608. The van der Waals surface area contributed by atoms with Gasteiger partial charge in [-0.1, -0.05) is 36.4 Å². The van der Waals surface area contributed by atoms with Crippen LogP contribution in [0.5, 0.6) is 0 Å². The molecule has 22 heavy (non-hydrogen) atoms. The Morgan fingerprint density at radius 1 is 1.09 bits per heavy atom. The second-order valence-corrected chi connectivity index (χ2v) is 6.15. The molecule has 0 aliphatic heterocycles. The number of carboxylic acid groups (broad SMARTS) is 1. The fourth-order valence-corrected chi connectivity index (χ4v) is 3.56. The summed E-state index contributed by atoms with van der Waals surface area (Å²) in [6, 6.07) is 8.20. The van der Waals surface area contributed by atoms with E-state index in [0.717, 1.165) is 19.3 Å². The zero-order valence-corrected chi connectivity index (χ0v) is 12.5. The third-order valence-electron chi connectivity index (χ3n) is 4.77. The summed E-state index contributed by atoms with van der Waals surface area (Å²) in [6.45, 7) is 0. The Hall–Kier alpha value is -2.10. The van der Waals surface area contributed by atoms with Crippen LogP contribution in [0, 0.1) is 11.8 Å². The molecule has 0 radical (unpaired) electrons. The molecule has 3 rings (SSSR count). The predicted molar refractivity (Wildman–Crippen MR) is 83.3 cm³/mol. The number of rotatable bonds is 3. The Kier molecular flexibility index (Phi) is 4.27. The number of carbonyl (C=O) groups excluding carboxylic acids is 1. The minimum absolute atomic E-state index is 0.0119. The van der Waals surface area contributed by atoms with Crippen molar-refractivity contribution in [1.82, 2.24) is 5.32 Å². The Morgan fingerprint density at radius 2 is 1.82 bits per heavy atom. The molecule has 1 aromatic rings. The lowest BCUT2D eigenvalue weighted by atomic mass is 9.81. The van der Waals surface area contributed by atoms with Crippen LogP contribution in [0.1, 0.15) is 42.9 Å². The van der Waals surface area contributed by atoms with Gasteiger partial charge in [0.25, 0.3) is 0 Å². The van der Waals surface area contributed by atoms with E-state index in [0.29, 0.717) is 12.8 Å². The summed E-state index contributed by atoms with van der Waals surface area (Å²) in [5.41, 5.74) is 2.47. The van der Waals surface area contributed by atoms with Gasteiger partial charge in [0.15, 0.2) is 0 Å². The second-order valence-electron chi connectivity index (χ2n) is 6.15. The molecule has 0 heterocycles. The summed E-state index contributed by atoms with van der Waals surface area (Å²) in [5.74, 6) is -2.08. The monoisotopic (exact) mass is 299 g/mol. The quantitative estimate of drug-likeness (QED) is 0.843. The first kappa shape index (κ1) is 14.8. The minimum atomic E-state index is -0.881. The summed E-state index contributed by atoms with van der Waals surface area (Å²) < 4.78 is 0. The normalized spacial score (nSPS) is 27.0. The van der Waals surface area contributed by atoms with E-state index >= 15 is 0 Å². The van der Waals surface area contributed by atoms with Crippen LogP contribution in [-0.4, -0.2) is 17.0 Å². The molecule has 4 heteroatoms. The fourth-order valence-electron chi connectivity index (χ4n) is 3.56.